The van der Waals surface area contributed by atoms with Crippen LogP contribution in [-0.2, 0) is 11.3 Å². The summed E-state index contributed by atoms with van der Waals surface area (Å²) in [6.45, 7) is 4.78. The van der Waals surface area contributed by atoms with Gasteiger partial charge in [0.1, 0.15) is 11.9 Å². The van der Waals surface area contributed by atoms with Gasteiger partial charge in [-0.1, -0.05) is 55.3 Å². The van der Waals surface area contributed by atoms with Crippen LogP contribution in [0.3, 0.4) is 0 Å². The molecule has 6 rings (SSSR count). The molecule has 39 heavy (non-hydrogen) atoms. The van der Waals surface area contributed by atoms with Gasteiger partial charge >= 0.3 is 5.97 Å². The van der Waals surface area contributed by atoms with E-state index in [4.69, 9.17) is 0 Å². The standard InChI is InChI=1S/C30H37FN6O2/c31-26-8-4-7-24(16-26)27-20-36(28(30(38)39)15-21-9-10-21)19-25(27)18-35-13-11-23(12-14-35)29-32-34-37(33-29)17-22-5-2-1-3-6-22/h1-8,16,21,23,25,27-28H,9-15,17-20H2,(H,38,39)/t25-,27+,28+/m0/s1. The van der Waals surface area contributed by atoms with Crippen LogP contribution < -0.4 is 0 Å². The number of hydrogen-bond acceptors (Lipinski definition) is 6. The van der Waals surface area contributed by atoms with Crippen molar-refractivity contribution < 1.29 is 14.3 Å². The summed E-state index contributed by atoms with van der Waals surface area (Å²) in [6, 6.07) is 16.6. The van der Waals surface area contributed by atoms with Crippen molar-refractivity contribution in [2.75, 3.05) is 32.7 Å². The summed E-state index contributed by atoms with van der Waals surface area (Å²) in [5.74, 6) is 1.07. The Labute approximate surface area is 228 Å². The summed E-state index contributed by atoms with van der Waals surface area (Å²) >= 11 is 0. The molecule has 0 bridgehead atoms. The van der Waals surface area contributed by atoms with Gasteiger partial charge in [0.2, 0.25) is 0 Å². The lowest BCUT2D eigenvalue weighted by Crippen LogP contribution is -2.41. The van der Waals surface area contributed by atoms with E-state index < -0.39 is 12.0 Å². The Balaban J connectivity index is 1.09. The maximum atomic E-state index is 14.2. The van der Waals surface area contributed by atoms with E-state index in [-0.39, 0.29) is 17.7 Å². The number of benzene rings is 2. The number of tetrazole rings is 1. The molecule has 3 aliphatic rings. The second kappa shape index (κ2) is 11.5. The van der Waals surface area contributed by atoms with E-state index in [1.165, 1.54) is 6.07 Å². The first-order valence-corrected chi connectivity index (χ1v) is 14.3. The van der Waals surface area contributed by atoms with Crippen LogP contribution >= 0.6 is 0 Å². The van der Waals surface area contributed by atoms with Gasteiger partial charge in [0.05, 0.1) is 6.54 Å². The molecule has 0 unspecified atom stereocenters. The predicted octanol–water partition coefficient (Wildman–Crippen LogP) is 4.01. The molecule has 2 saturated heterocycles. The number of hydrogen-bond donors (Lipinski definition) is 1. The number of carboxylic acid groups (broad SMARTS) is 1. The molecule has 8 nitrogen and oxygen atoms in total. The third-order valence-electron chi connectivity index (χ3n) is 8.81. The lowest BCUT2D eigenvalue weighted by molar-refractivity contribution is -0.143. The topological polar surface area (TPSA) is 87.4 Å². The van der Waals surface area contributed by atoms with Crippen molar-refractivity contribution in [3.8, 4) is 0 Å². The quantitative estimate of drug-likeness (QED) is 0.422. The molecular weight excluding hydrogens is 495 g/mol. The van der Waals surface area contributed by atoms with Crippen LogP contribution in [0.25, 0.3) is 0 Å². The van der Waals surface area contributed by atoms with Crippen molar-refractivity contribution in [3.05, 3.63) is 77.4 Å². The molecule has 3 heterocycles. The van der Waals surface area contributed by atoms with E-state index in [0.717, 1.165) is 75.2 Å². The molecule has 1 aliphatic carbocycles. The number of aliphatic carboxylic acids is 1. The number of carboxylic acids is 1. The van der Waals surface area contributed by atoms with Crippen molar-refractivity contribution in [2.45, 2.75) is 56.5 Å². The molecule has 206 valence electrons. The summed E-state index contributed by atoms with van der Waals surface area (Å²) < 4.78 is 14.2. The van der Waals surface area contributed by atoms with E-state index in [1.54, 1.807) is 16.9 Å². The van der Waals surface area contributed by atoms with Crippen molar-refractivity contribution in [2.24, 2.45) is 11.8 Å². The minimum Gasteiger partial charge on any atom is -0.480 e. The molecule has 3 atom stereocenters. The van der Waals surface area contributed by atoms with Gasteiger partial charge in [0, 0.05) is 31.5 Å². The van der Waals surface area contributed by atoms with Crippen LogP contribution in [0.5, 0.6) is 0 Å². The van der Waals surface area contributed by atoms with Crippen LogP contribution in [0.15, 0.2) is 54.6 Å². The molecule has 1 saturated carbocycles. The fourth-order valence-corrected chi connectivity index (χ4v) is 6.47. The number of piperidine rings is 1. The number of aromatic nitrogens is 4. The van der Waals surface area contributed by atoms with Gasteiger partial charge in [0.25, 0.3) is 0 Å². The average molecular weight is 533 g/mol. The Morgan fingerprint density at radius 3 is 2.54 bits per heavy atom. The SMILES string of the molecule is O=C(O)[C@@H](CC1CC1)N1C[C@H](CN2CCC(c3nnn(Cc4ccccc4)n3)CC2)[C@@H](c2cccc(F)c2)C1. The second-order valence-corrected chi connectivity index (χ2v) is 11.6. The van der Waals surface area contributed by atoms with E-state index in [1.807, 2.05) is 24.3 Å². The average Bonchev–Trinajstić information content (AvgIpc) is 3.49. The lowest BCUT2D eigenvalue weighted by atomic mass is 9.87. The molecule has 2 aromatic carbocycles. The number of carbonyl (C=O) groups is 1. The normalized spacial score (nSPS) is 23.7. The minimum absolute atomic E-state index is 0.124. The summed E-state index contributed by atoms with van der Waals surface area (Å²) in [5.41, 5.74) is 2.13. The Hall–Kier alpha value is -3.17. The zero-order valence-electron chi connectivity index (χ0n) is 22.3. The van der Waals surface area contributed by atoms with Crippen LogP contribution in [0, 0.1) is 17.7 Å². The molecule has 9 heteroatoms. The Bertz CT molecular complexity index is 1260. The lowest BCUT2D eigenvalue weighted by Gasteiger charge is -2.33. The monoisotopic (exact) mass is 532 g/mol. The van der Waals surface area contributed by atoms with E-state index in [0.29, 0.717) is 24.9 Å². The number of nitrogens with zero attached hydrogens (tertiary/aromatic N) is 6. The molecule has 3 fully saturated rings. The van der Waals surface area contributed by atoms with Gasteiger partial charge in [-0.3, -0.25) is 9.69 Å². The first-order valence-electron chi connectivity index (χ1n) is 14.3. The van der Waals surface area contributed by atoms with Gasteiger partial charge in [-0.25, -0.2) is 4.39 Å². The predicted molar refractivity (Wildman–Crippen MR) is 145 cm³/mol. The fraction of sp³-hybridized carbons (Fsp3) is 0.533. The van der Waals surface area contributed by atoms with Crippen LogP contribution in [0.4, 0.5) is 4.39 Å². The molecule has 1 N–H and O–H groups in total. The Morgan fingerprint density at radius 1 is 1.03 bits per heavy atom. The van der Waals surface area contributed by atoms with Crippen LogP contribution in [0.2, 0.25) is 0 Å². The smallest absolute Gasteiger partial charge is 0.320 e. The highest BCUT2D eigenvalue weighted by Gasteiger charge is 2.42. The van der Waals surface area contributed by atoms with Gasteiger partial charge < -0.3 is 10.0 Å². The first kappa shape index (κ1) is 26.1. The first-order chi connectivity index (χ1) is 19.0. The Morgan fingerprint density at radius 2 is 1.82 bits per heavy atom. The summed E-state index contributed by atoms with van der Waals surface area (Å²) in [6.07, 6.45) is 4.94. The zero-order valence-corrected chi connectivity index (χ0v) is 22.3. The molecule has 0 amide bonds. The summed E-state index contributed by atoms with van der Waals surface area (Å²) in [7, 11) is 0. The molecule has 1 aromatic heterocycles. The van der Waals surface area contributed by atoms with Crippen molar-refractivity contribution in [1.82, 2.24) is 30.0 Å². The van der Waals surface area contributed by atoms with Crippen molar-refractivity contribution >= 4 is 5.97 Å². The highest BCUT2D eigenvalue weighted by atomic mass is 19.1. The van der Waals surface area contributed by atoms with Gasteiger partial charge in [0.15, 0.2) is 5.82 Å². The zero-order chi connectivity index (χ0) is 26.8. The van der Waals surface area contributed by atoms with Crippen molar-refractivity contribution in [1.29, 1.82) is 0 Å². The third kappa shape index (κ3) is 6.36. The van der Waals surface area contributed by atoms with E-state index in [2.05, 4.69) is 37.3 Å². The van der Waals surface area contributed by atoms with Gasteiger partial charge in [-0.15, -0.1) is 10.2 Å². The van der Waals surface area contributed by atoms with E-state index in [9.17, 15) is 14.3 Å². The maximum absolute atomic E-state index is 14.2. The van der Waals surface area contributed by atoms with Gasteiger partial charge in [-0.2, -0.15) is 4.80 Å². The Kier molecular flexibility index (Phi) is 7.70. The van der Waals surface area contributed by atoms with Crippen molar-refractivity contribution in [3.63, 3.8) is 0 Å². The second-order valence-electron chi connectivity index (χ2n) is 11.6. The molecule has 0 radical (unpaired) electrons. The summed E-state index contributed by atoms with van der Waals surface area (Å²) in [4.78, 5) is 18.5. The highest BCUT2D eigenvalue weighted by molar-refractivity contribution is 5.73. The minimum atomic E-state index is -0.728. The number of rotatable bonds is 10. The maximum Gasteiger partial charge on any atom is 0.320 e. The van der Waals surface area contributed by atoms with Crippen LogP contribution in [0.1, 0.15) is 60.9 Å². The largest absolute Gasteiger partial charge is 0.480 e. The molecular formula is C30H37FN6O2. The molecule has 0 spiro atoms. The van der Waals surface area contributed by atoms with Gasteiger partial charge in [-0.05, 0) is 72.7 Å². The van der Waals surface area contributed by atoms with Crippen LogP contribution in [-0.4, -0.2) is 79.8 Å². The van der Waals surface area contributed by atoms with E-state index >= 15 is 0 Å². The number of halogens is 1. The fourth-order valence-electron chi connectivity index (χ4n) is 6.47. The molecule has 2 aliphatic heterocycles. The summed E-state index contributed by atoms with van der Waals surface area (Å²) in [5, 5.41) is 23.3. The molecule has 3 aromatic rings. The highest BCUT2D eigenvalue weighted by Crippen LogP contribution is 2.40. The third-order valence-corrected chi connectivity index (χ3v) is 8.81. The number of likely N-dealkylation sites (tertiary alicyclic amines) is 2.